The van der Waals surface area contributed by atoms with E-state index < -0.39 is 0 Å². The van der Waals surface area contributed by atoms with Crippen LogP contribution < -0.4 is 10.1 Å². The van der Waals surface area contributed by atoms with Gasteiger partial charge in [-0.2, -0.15) is 0 Å². The highest BCUT2D eigenvalue weighted by Crippen LogP contribution is 2.22. The molecule has 4 heteroatoms. The van der Waals surface area contributed by atoms with Gasteiger partial charge in [-0.15, -0.1) is 0 Å². The summed E-state index contributed by atoms with van der Waals surface area (Å²) in [5.74, 6) is 0.846. The highest BCUT2D eigenvalue weighted by molar-refractivity contribution is 5.30. The lowest BCUT2D eigenvalue weighted by Gasteiger charge is -2.12. The van der Waals surface area contributed by atoms with Crippen molar-refractivity contribution in [2.75, 3.05) is 0 Å². The highest BCUT2D eigenvalue weighted by atomic mass is 16.5. The molecule has 0 aromatic carbocycles. The van der Waals surface area contributed by atoms with E-state index in [0.717, 1.165) is 34.9 Å². The van der Waals surface area contributed by atoms with Crippen LogP contribution in [0.2, 0.25) is 0 Å². The number of hydrogen-bond donors (Lipinski definition) is 1. The molecule has 0 amide bonds. The van der Waals surface area contributed by atoms with Gasteiger partial charge in [-0.25, -0.2) is 0 Å². The van der Waals surface area contributed by atoms with E-state index in [1.807, 2.05) is 25.1 Å². The molecule has 21 heavy (non-hydrogen) atoms. The van der Waals surface area contributed by atoms with Gasteiger partial charge in [0.25, 0.3) is 0 Å². The second-order valence-electron chi connectivity index (χ2n) is 5.61. The monoisotopic (exact) mass is 283 g/mol. The molecule has 0 saturated heterocycles. The van der Waals surface area contributed by atoms with E-state index in [1.165, 1.54) is 12.8 Å². The van der Waals surface area contributed by atoms with Gasteiger partial charge in [0, 0.05) is 24.5 Å². The molecule has 0 atom stereocenters. The number of hydrogen-bond acceptors (Lipinski definition) is 4. The zero-order valence-electron chi connectivity index (χ0n) is 12.6. The van der Waals surface area contributed by atoms with Crippen molar-refractivity contribution in [3.05, 3.63) is 53.1 Å². The first kappa shape index (κ1) is 14.0. The SMILES string of the molecule is Cc1ccc(OCc2ncccc2C)c(CNC2CC2)n1. The first-order valence-corrected chi connectivity index (χ1v) is 7.45. The van der Waals surface area contributed by atoms with E-state index in [0.29, 0.717) is 12.6 Å². The third kappa shape index (κ3) is 3.79. The van der Waals surface area contributed by atoms with Crippen LogP contribution >= 0.6 is 0 Å². The Balaban J connectivity index is 1.70. The lowest BCUT2D eigenvalue weighted by atomic mass is 10.2. The number of nitrogens with one attached hydrogen (secondary N) is 1. The second-order valence-corrected chi connectivity index (χ2v) is 5.61. The Bertz CT molecular complexity index is 623. The molecule has 1 aliphatic rings. The second kappa shape index (κ2) is 6.22. The van der Waals surface area contributed by atoms with Gasteiger partial charge < -0.3 is 10.1 Å². The minimum Gasteiger partial charge on any atom is -0.485 e. The maximum atomic E-state index is 5.95. The van der Waals surface area contributed by atoms with Crippen molar-refractivity contribution >= 4 is 0 Å². The molecule has 2 aromatic rings. The molecule has 1 saturated carbocycles. The first-order chi connectivity index (χ1) is 10.2. The number of aryl methyl sites for hydroxylation is 2. The Morgan fingerprint density at radius 1 is 1.19 bits per heavy atom. The van der Waals surface area contributed by atoms with Crippen LogP contribution in [-0.2, 0) is 13.2 Å². The van der Waals surface area contributed by atoms with E-state index in [4.69, 9.17) is 4.74 Å². The van der Waals surface area contributed by atoms with Crippen molar-refractivity contribution < 1.29 is 4.74 Å². The predicted octanol–water partition coefficient (Wildman–Crippen LogP) is 2.92. The maximum absolute atomic E-state index is 5.95. The van der Waals surface area contributed by atoms with Crippen molar-refractivity contribution in [3.63, 3.8) is 0 Å². The van der Waals surface area contributed by atoms with Gasteiger partial charge in [0.1, 0.15) is 12.4 Å². The summed E-state index contributed by atoms with van der Waals surface area (Å²) in [4.78, 5) is 8.96. The van der Waals surface area contributed by atoms with Crippen LogP contribution in [0, 0.1) is 13.8 Å². The number of ether oxygens (including phenoxy) is 1. The molecule has 2 heterocycles. The topological polar surface area (TPSA) is 47.0 Å². The fourth-order valence-electron chi connectivity index (χ4n) is 2.20. The van der Waals surface area contributed by atoms with Crippen molar-refractivity contribution in [3.8, 4) is 5.75 Å². The summed E-state index contributed by atoms with van der Waals surface area (Å²) in [6.07, 6.45) is 4.35. The van der Waals surface area contributed by atoms with E-state index in [1.54, 1.807) is 6.20 Å². The van der Waals surface area contributed by atoms with E-state index in [-0.39, 0.29) is 0 Å². The van der Waals surface area contributed by atoms with Gasteiger partial charge in [0.05, 0.1) is 11.4 Å². The summed E-state index contributed by atoms with van der Waals surface area (Å²) in [6, 6.07) is 8.65. The lowest BCUT2D eigenvalue weighted by molar-refractivity contribution is 0.294. The molecule has 0 radical (unpaired) electrons. The quantitative estimate of drug-likeness (QED) is 0.885. The molecule has 1 aliphatic carbocycles. The molecule has 0 spiro atoms. The van der Waals surface area contributed by atoms with Crippen LogP contribution in [-0.4, -0.2) is 16.0 Å². The van der Waals surface area contributed by atoms with Crippen molar-refractivity contribution in [1.82, 2.24) is 15.3 Å². The van der Waals surface area contributed by atoms with Crippen LogP contribution in [0.3, 0.4) is 0 Å². The number of rotatable bonds is 6. The molecule has 1 N–H and O–H groups in total. The van der Waals surface area contributed by atoms with Crippen molar-refractivity contribution in [2.24, 2.45) is 0 Å². The predicted molar refractivity (Wildman–Crippen MR) is 82.1 cm³/mol. The van der Waals surface area contributed by atoms with E-state index in [9.17, 15) is 0 Å². The summed E-state index contributed by atoms with van der Waals surface area (Å²) in [6.45, 7) is 5.30. The molecule has 0 bridgehead atoms. The summed E-state index contributed by atoms with van der Waals surface area (Å²) in [7, 11) is 0. The number of nitrogens with zero attached hydrogens (tertiary/aromatic N) is 2. The Morgan fingerprint density at radius 3 is 2.81 bits per heavy atom. The lowest BCUT2D eigenvalue weighted by Crippen LogP contribution is -2.17. The van der Waals surface area contributed by atoms with Gasteiger partial charge in [-0.1, -0.05) is 6.07 Å². The fourth-order valence-corrected chi connectivity index (χ4v) is 2.20. The molecule has 1 fully saturated rings. The Morgan fingerprint density at radius 2 is 2.05 bits per heavy atom. The molecule has 3 rings (SSSR count). The van der Waals surface area contributed by atoms with Crippen LogP contribution in [0.4, 0.5) is 0 Å². The first-order valence-electron chi connectivity index (χ1n) is 7.45. The highest BCUT2D eigenvalue weighted by Gasteiger charge is 2.21. The van der Waals surface area contributed by atoms with Gasteiger partial charge in [-0.3, -0.25) is 9.97 Å². The van der Waals surface area contributed by atoms with Crippen LogP contribution in [0.1, 0.15) is 35.5 Å². The normalized spacial score (nSPS) is 14.2. The smallest absolute Gasteiger partial charge is 0.142 e. The molecular formula is C17H21N3O. The summed E-state index contributed by atoms with van der Waals surface area (Å²) in [5.41, 5.74) is 4.12. The van der Waals surface area contributed by atoms with Crippen LogP contribution in [0.15, 0.2) is 30.5 Å². The van der Waals surface area contributed by atoms with Crippen LogP contribution in [0.5, 0.6) is 5.75 Å². The Kier molecular flexibility index (Phi) is 4.15. The molecular weight excluding hydrogens is 262 g/mol. The van der Waals surface area contributed by atoms with Crippen LogP contribution in [0.25, 0.3) is 0 Å². The van der Waals surface area contributed by atoms with E-state index >= 15 is 0 Å². The summed E-state index contributed by atoms with van der Waals surface area (Å²) >= 11 is 0. The Hall–Kier alpha value is -1.94. The zero-order chi connectivity index (χ0) is 14.7. The largest absolute Gasteiger partial charge is 0.485 e. The molecule has 110 valence electrons. The number of pyridine rings is 2. The zero-order valence-corrected chi connectivity index (χ0v) is 12.6. The molecule has 0 unspecified atom stereocenters. The van der Waals surface area contributed by atoms with Gasteiger partial charge in [-0.05, 0) is 50.5 Å². The van der Waals surface area contributed by atoms with Gasteiger partial charge in [0.15, 0.2) is 0 Å². The summed E-state index contributed by atoms with van der Waals surface area (Å²) in [5, 5.41) is 3.49. The summed E-state index contributed by atoms with van der Waals surface area (Å²) < 4.78 is 5.95. The average Bonchev–Trinajstić information content (AvgIpc) is 3.30. The standard InChI is InChI=1S/C17H21N3O/c1-12-4-3-9-18-16(12)11-21-17-8-5-13(2)20-15(17)10-19-14-6-7-14/h3-5,8-9,14,19H,6-7,10-11H2,1-2H3. The van der Waals surface area contributed by atoms with Gasteiger partial charge in [0.2, 0.25) is 0 Å². The minimum absolute atomic E-state index is 0.480. The van der Waals surface area contributed by atoms with Crippen molar-refractivity contribution in [1.29, 1.82) is 0 Å². The van der Waals surface area contributed by atoms with Crippen molar-refractivity contribution in [2.45, 2.75) is 45.9 Å². The van der Waals surface area contributed by atoms with E-state index in [2.05, 4.69) is 28.3 Å². The minimum atomic E-state index is 0.480. The molecule has 4 nitrogen and oxygen atoms in total. The third-order valence-electron chi connectivity index (χ3n) is 3.69. The fraction of sp³-hybridized carbons (Fsp3) is 0.412. The molecule has 2 aromatic heterocycles. The molecule has 0 aliphatic heterocycles. The van der Waals surface area contributed by atoms with Gasteiger partial charge >= 0.3 is 0 Å². The average molecular weight is 283 g/mol. The number of aromatic nitrogens is 2. The Labute approximate surface area is 125 Å². The third-order valence-corrected chi connectivity index (χ3v) is 3.69. The maximum Gasteiger partial charge on any atom is 0.142 e.